The van der Waals surface area contributed by atoms with E-state index in [0.717, 1.165) is 13.0 Å². The zero-order valence-corrected chi connectivity index (χ0v) is 12.0. The SMILES string of the molecule is CCCCCCCCNC(=O)CCCCC(=O)OO. The summed E-state index contributed by atoms with van der Waals surface area (Å²) in [6.45, 7) is 2.93. The lowest BCUT2D eigenvalue weighted by Gasteiger charge is -2.05. The van der Waals surface area contributed by atoms with Crippen LogP contribution in [0.3, 0.4) is 0 Å². The van der Waals surface area contributed by atoms with Crippen LogP contribution in [0.2, 0.25) is 0 Å². The number of hydrogen-bond acceptors (Lipinski definition) is 4. The third-order valence-electron chi connectivity index (χ3n) is 2.99. The molecule has 0 aliphatic rings. The van der Waals surface area contributed by atoms with E-state index >= 15 is 0 Å². The molecule has 0 heterocycles. The second-order valence-electron chi connectivity index (χ2n) is 4.79. The van der Waals surface area contributed by atoms with E-state index in [1.165, 1.54) is 32.1 Å². The van der Waals surface area contributed by atoms with Crippen molar-refractivity contribution in [2.45, 2.75) is 71.1 Å². The molecular formula is C14H27NO4. The molecule has 0 saturated heterocycles. The molecule has 2 N–H and O–H groups in total. The number of nitrogens with one attached hydrogen (secondary N) is 1. The smallest absolute Gasteiger partial charge is 0.342 e. The predicted octanol–water partition coefficient (Wildman–Crippen LogP) is 3.04. The summed E-state index contributed by atoms with van der Waals surface area (Å²) in [7, 11) is 0. The molecule has 0 radical (unpaired) electrons. The minimum atomic E-state index is -0.646. The highest BCUT2D eigenvalue weighted by atomic mass is 17.1. The Morgan fingerprint density at radius 1 is 0.947 bits per heavy atom. The Morgan fingerprint density at radius 2 is 1.58 bits per heavy atom. The van der Waals surface area contributed by atoms with Gasteiger partial charge in [-0.3, -0.25) is 4.79 Å². The normalized spacial score (nSPS) is 10.2. The van der Waals surface area contributed by atoms with Crippen molar-refractivity contribution in [1.29, 1.82) is 0 Å². The Morgan fingerprint density at radius 3 is 2.26 bits per heavy atom. The average molecular weight is 273 g/mol. The highest BCUT2D eigenvalue weighted by Crippen LogP contribution is 2.04. The molecule has 112 valence electrons. The molecule has 0 saturated carbocycles. The van der Waals surface area contributed by atoms with Gasteiger partial charge in [0.1, 0.15) is 0 Å². The highest BCUT2D eigenvalue weighted by Gasteiger charge is 2.04. The van der Waals surface area contributed by atoms with Gasteiger partial charge in [-0.1, -0.05) is 39.0 Å². The van der Waals surface area contributed by atoms with E-state index in [0.29, 0.717) is 19.3 Å². The molecule has 0 spiro atoms. The Labute approximate surface area is 115 Å². The van der Waals surface area contributed by atoms with Crippen molar-refractivity contribution in [2.75, 3.05) is 6.54 Å². The van der Waals surface area contributed by atoms with Crippen LogP contribution in [0.5, 0.6) is 0 Å². The van der Waals surface area contributed by atoms with Gasteiger partial charge >= 0.3 is 5.97 Å². The summed E-state index contributed by atoms with van der Waals surface area (Å²) in [6, 6.07) is 0. The molecule has 0 aromatic heterocycles. The Hall–Kier alpha value is -1.10. The van der Waals surface area contributed by atoms with E-state index in [9.17, 15) is 9.59 Å². The van der Waals surface area contributed by atoms with Gasteiger partial charge in [0.05, 0.1) is 0 Å². The molecule has 0 rings (SSSR count). The van der Waals surface area contributed by atoms with Crippen molar-refractivity contribution in [2.24, 2.45) is 0 Å². The summed E-state index contributed by atoms with van der Waals surface area (Å²) in [5.41, 5.74) is 0. The van der Waals surface area contributed by atoms with Gasteiger partial charge in [-0.05, 0) is 19.3 Å². The molecule has 5 nitrogen and oxygen atoms in total. The van der Waals surface area contributed by atoms with Crippen molar-refractivity contribution in [3.63, 3.8) is 0 Å². The fourth-order valence-electron chi connectivity index (χ4n) is 1.82. The van der Waals surface area contributed by atoms with Gasteiger partial charge in [0.25, 0.3) is 0 Å². The van der Waals surface area contributed by atoms with Crippen LogP contribution in [0.4, 0.5) is 0 Å². The molecule has 0 aromatic rings. The minimum absolute atomic E-state index is 0.0333. The first-order valence-corrected chi connectivity index (χ1v) is 7.31. The van der Waals surface area contributed by atoms with Crippen LogP contribution in [0.1, 0.15) is 71.1 Å². The molecule has 5 heteroatoms. The number of amides is 1. The second-order valence-corrected chi connectivity index (χ2v) is 4.79. The molecule has 0 atom stereocenters. The predicted molar refractivity (Wildman–Crippen MR) is 73.6 cm³/mol. The van der Waals surface area contributed by atoms with Gasteiger partial charge in [0.2, 0.25) is 5.91 Å². The first-order chi connectivity index (χ1) is 9.20. The van der Waals surface area contributed by atoms with Gasteiger partial charge in [-0.25, -0.2) is 4.79 Å². The molecule has 0 fully saturated rings. The lowest BCUT2D eigenvalue weighted by Crippen LogP contribution is -2.24. The lowest BCUT2D eigenvalue weighted by atomic mass is 10.1. The summed E-state index contributed by atoms with van der Waals surface area (Å²) in [5, 5.41) is 10.9. The van der Waals surface area contributed by atoms with E-state index in [-0.39, 0.29) is 12.3 Å². The fourth-order valence-corrected chi connectivity index (χ4v) is 1.82. The lowest BCUT2D eigenvalue weighted by molar-refractivity contribution is -0.234. The van der Waals surface area contributed by atoms with E-state index in [1.54, 1.807) is 0 Å². The zero-order chi connectivity index (χ0) is 14.3. The van der Waals surface area contributed by atoms with Crippen molar-refractivity contribution < 1.29 is 19.7 Å². The molecule has 0 aliphatic heterocycles. The number of carbonyl (C=O) groups is 2. The maximum Gasteiger partial charge on any atom is 0.342 e. The summed E-state index contributed by atoms with van der Waals surface area (Å²) in [6.07, 6.45) is 9.05. The maximum absolute atomic E-state index is 11.4. The van der Waals surface area contributed by atoms with E-state index in [1.807, 2.05) is 0 Å². The van der Waals surface area contributed by atoms with Gasteiger partial charge in [0.15, 0.2) is 0 Å². The van der Waals surface area contributed by atoms with Crippen molar-refractivity contribution >= 4 is 11.9 Å². The van der Waals surface area contributed by atoms with Crippen LogP contribution in [-0.2, 0) is 14.5 Å². The van der Waals surface area contributed by atoms with Crippen molar-refractivity contribution in [3.8, 4) is 0 Å². The van der Waals surface area contributed by atoms with Crippen molar-refractivity contribution in [3.05, 3.63) is 0 Å². The first kappa shape index (κ1) is 17.9. The minimum Gasteiger partial charge on any atom is -0.356 e. The third-order valence-corrected chi connectivity index (χ3v) is 2.99. The van der Waals surface area contributed by atoms with Crippen molar-refractivity contribution in [1.82, 2.24) is 5.32 Å². The molecular weight excluding hydrogens is 246 g/mol. The van der Waals surface area contributed by atoms with Gasteiger partial charge < -0.3 is 10.2 Å². The Kier molecular flexibility index (Phi) is 12.6. The van der Waals surface area contributed by atoms with E-state index < -0.39 is 5.97 Å². The second kappa shape index (κ2) is 13.3. The first-order valence-electron chi connectivity index (χ1n) is 7.31. The standard InChI is InChI=1S/C14H27NO4/c1-2-3-4-5-6-9-12-15-13(16)10-7-8-11-14(17)19-18/h18H,2-12H2,1H3,(H,15,16). The van der Waals surface area contributed by atoms with Crippen LogP contribution in [0.25, 0.3) is 0 Å². The average Bonchev–Trinajstić information content (AvgIpc) is 2.42. The van der Waals surface area contributed by atoms with E-state index in [2.05, 4.69) is 17.1 Å². The maximum atomic E-state index is 11.4. The Balaban J connectivity index is 3.23. The quantitative estimate of drug-likeness (QED) is 0.325. The fraction of sp³-hybridized carbons (Fsp3) is 0.857. The van der Waals surface area contributed by atoms with Crippen LogP contribution in [0.15, 0.2) is 0 Å². The van der Waals surface area contributed by atoms with Crippen LogP contribution >= 0.6 is 0 Å². The third kappa shape index (κ3) is 13.1. The molecule has 19 heavy (non-hydrogen) atoms. The Bertz CT molecular complexity index is 244. The van der Waals surface area contributed by atoms with Crippen LogP contribution in [-0.4, -0.2) is 23.7 Å². The summed E-state index contributed by atoms with van der Waals surface area (Å²) in [5.74, 6) is -0.613. The molecule has 0 unspecified atom stereocenters. The molecule has 0 bridgehead atoms. The zero-order valence-electron chi connectivity index (χ0n) is 12.0. The summed E-state index contributed by atoms with van der Waals surface area (Å²) >= 11 is 0. The van der Waals surface area contributed by atoms with Crippen LogP contribution in [0, 0.1) is 0 Å². The topological polar surface area (TPSA) is 75.6 Å². The monoisotopic (exact) mass is 273 g/mol. The molecule has 1 amide bonds. The number of carbonyl (C=O) groups excluding carboxylic acids is 2. The summed E-state index contributed by atoms with van der Waals surface area (Å²) < 4.78 is 0. The highest BCUT2D eigenvalue weighted by molar-refractivity contribution is 5.75. The molecule has 0 aromatic carbocycles. The van der Waals surface area contributed by atoms with Crippen LogP contribution < -0.4 is 5.32 Å². The van der Waals surface area contributed by atoms with Gasteiger partial charge in [-0.15, -0.1) is 0 Å². The van der Waals surface area contributed by atoms with E-state index in [4.69, 9.17) is 5.26 Å². The van der Waals surface area contributed by atoms with Gasteiger partial charge in [0, 0.05) is 19.4 Å². The number of hydrogen-bond donors (Lipinski definition) is 2. The number of unbranched alkanes of at least 4 members (excludes halogenated alkanes) is 6. The molecule has 0 aliphatic carbocycles. The summed E-state index contributed by atoms with van der Waals surface area (Å²) in [4.78, 5) is 25.6. The largest absolute Gasteiger partial charge is 0.356 e. The van der Waals surface area contributed by atoms with Gasteiger partial charge in [-0.2, -0.15) is 5.26 Å². The number of rotatable bonds is 12.